The fourth-order valence-electron chi connectivity index (χ4n) is 5.30. The van der Waals surface area contributed by atoms with E-state index in [2.05, 4.69) is 0 Å². The smallest absolute Gasteiger partial charge is 0.416 e. The molecule has 1 heterocycles. The number of nitrogens with zero attached hydrogens (tertiary/aromatic N) is 2. The van der Waals surface area contributed by atoms with Gasteiger partial charge in [-0.2, -0.15) is 26.3 Å². The van der Waals surface area contributed by atoms with Crippen molar-refractivity contribution in [2.75, 3.05) is 32.3 Å². The number of unbranched alkanes of at least 4 members (excludes halogenated alkanes) is 3. The summed E-state index contributed by atoms with van der Waals surface area (Å²) in [7, 11) is 2.76. The Hall–Kier alpha value is -3.84. The molecule has 2 amide bonds. The molecule has 2 aromatic rings. The summed E-state index contributed by atoms with van der Waals surface area (Å²) in [6, 6.07) is 2.66. The highest BCUT2D eigenvalue weighted by atomic mass is 19.4. The molecule has 0 saturated heterocycles. The Labute approximate surface area is 258 Å². The molecule has 1 aliphatic rings. The summed E-state index contributed by atoms with van der Waals surface area (Å²) in [5, 5.41) is 0. The molecule has 14 heteroatoms. The highest BCUT2D eigenvalue weighted by molar-refractivity contribution is 5.91. The van der Waals surface area contributed by atoms with Gasteiger partial charge in [0.1, 0.15) is 0 Å². The second-order valence-corrected chi connectivity index (χ2v) is 10.7. The van der Waals surface area contributed by atoms with Crippen molar-refractivity contribution in [2.24, 2.45) is 0 Å². The van der Waals surface area contributed by atoms with Gasteiger partial charge in [-0.15, -0.1) is 0 Å². The summed E-state index contributed by atoms with van der Waals surface area (Å²) in [4.78, 5) is 29.1. The third kappa shape index (κ3) is 8.66. The van der Waals surface area contributed by atoms with Crippen molar-refractivity contribution in [3.05, 3.63) is 52.6 Å². The van der Waals surface area contributed by atoms with Crippen LogP contribution in [-0.4, -0.2) is 50.6 Å². The van der Waals surface area contributed by atoms with Crippen LogP contribution in [0.2, 0.25) is 0 Å². The number of ether oxygens (including phenoxy) is 4. The molecule has 2 atom stereocenters. The molecule has 0 fully saturated rings. The molecular formula is C31H38F6N2O6. The van der Waals surface area contributed by atoms with E-state index in [9.17, 15) is 35.9 Å². The predicted octanol–water partition coefficient (Wildman–Crippen LogP) is 8.76. The van der Waals surface area contributed by atoms with Crippen LogP contribution in [0, 0.1) is 0 Å². The van der Waals surface area contributed by atoms with E-state index in [4.69, 9.17) is 18.9 Å². The maximum atomic E-state index is 13.7. The van der Waals surface area contributed by atoms with Gasteiger partial charge in [-0.3, -0.25) is 9.80 Å². The topological polar surface area (TPSA) is 77.5 Å². The summed E-state index contributed by atoms with van der Waals surface area (Å²) < 4.78 is 104. The summed E-state index contributed by atoms with van der Waals surface area (Å²) >= 11 is 0. The first-order valence-electron chi connectivity index (χ1n) is 14.6. The Morgan fingerprint density at radius 3 is 2.00 bits per heavy atom. The number of hydrogen-bond donors (Lipinski definition) is 0. The average molecular weight is 649 g/mol. The molecule has 0 saturated carbocycles. The number of amides is 2. The molecular weight excluding hydrogens is 610 g/mol. The second kappa shape index (κ2) is 15.0. The number of carbonyl (C=O) groups excluding carboxylic acids is 2. The molecule has 45 heavy (non-hydrogen) atoms. The standard InChI is InChI=1S/C31H38F6N2O6/c1-6-8-9-10-11-45-28(40)38(18-20-13-21(30(32,33)34)15-22(14-20)31(35,36)37)24-12-19(3)39(29(41)44-7-2)25-17-27(43-5)26(42-4)16-23(24)25/h13-17,19,24H,6-12,18H2,1-5H3. The molecule has 0 bridgehead atoms. The lowest BCUT2D eigenvalue weighted by molar-refractivity contribution is -0.143. The van der Waals surface area contributed by atoms with Crippen molar-refractivity contribution in [3.8, 4) is 11.5 Å². The summed E-state index contributed by atoms with van der Waals surface area (Å²) in [6.45, 7) is 4.74. The molecule has 0 spiro atoms. The van der Waals surface area contributed by atoms with Gasteiger partial charge in [-0.05, 0) is 56.5 Å². The van der Waals surface area contributed by atoms with E-state index in [-0.39, 0.29) is 42.9 Å². The minimum atomic E-state index is -5.07. The number of alkyl halides is 6. The van der Waals surface area contributed by atoms with Gasteiger partial charge in [0.25, 0.3) is 0 Å². The number of methoxy groups -OCH3 is 2. The molecule has 1 aliphatic heterocycles. The van der Waals surface area contributed by atoms with E-state index in [1.165, 1.54) is 31.3 Å². The van der Waals surface area contributed by atoms with E-state index in [0.29, 0.717) is 24.1 Å². The summed E-state index contributed by atoms with van der Waals surface area (Å²) in [5.74, 6) is 0.474. The highest BCUT2D eigenvalue weighted by Gasteiger charge is 2.42. The maximum absolute atomic E-state index is 13.7. The van der Waals surface area contributed by atoms with Gasteiger partial charge in [-0.25, -0.2) is 9.59 Å². The normalized spacial score (nSPS) is 16.6. The number of carbonyl (C=O) groups is 2. The summed E-state index contributed by atoms with van der Waals surface area (Å²) in [6.07, 6.45) is -8.60. The van der Waals surface area contributed by atoms with Crippen LogP contribution in [0.1, 0.15) is 81.2 Å². The van der Waals surface area contributed by atoms with Crippen LogP contribution in [0.5, 0.6) is 11.5 Å². The first-order valence-corrected chi connectivity index (χ1v) is 14.6. The Balaban J connectivity index is 2.18. The van der Waals surface area contributed by atoms with Gasteiger partial charge in [0, 0.05) is 24.2 Å². The predicted molar refractivity (Wildman–Crippen MR) is 153 cm³/mol. The third-order valence-corrected chi connectivity index (χ3v) is 7.46. The molecule has 0 aliphatic carbocycles. The van der Waals surface area contributed by atoms with Crippen molar-refractivity contribution in [2.45, 2.75) is 83.9 Å². The van der Waals surface area contributed by atoms with E-state index < -0.39 is 59.9 Å². The minimum Gasteiger partial charge on any atom is -0.493 e. The molecule has 0 radical (unpaired) electrons. The minimum absolute atomic E-state index is 0.00173. The van der Waals surface area contributed by atoms with Gasteiger partial charge in [-0.1, -0.05) is 26.2 Å². The maximum Gasteiger partial charge on any atom is 0.416 e. The van der Waals surface area contributed by atoms with Crippen LogP contribution in [0.3, 0.4) is 0 Å². The van der Waals surface area contributed by atoms with Gasteiger partial charge < -0.3 is 18.9 Å². The molecule has 0 N–H and O–H groups in total. The lowest BCUT2D eigenvalue weighted by atomic mass is 9.90. The van der Waals surface area contributed by atoms with E-state index in [1.54, 1.807) is 13.8 Å². The zero-order valence-corrected chi connectivity index (χ0v) is 25.8. The molecule has 250 valence electrons. The Kier molecular flexibility index (Phi) is 11.8. The molecule has 8 nitrogen and oxygen atoms in total. The van der Waals surface area contributed by atoms with Crippen molar-refractivity contribution >= 4 is 17.9 Å². The van der Waals surface area contributed by atoms with Gasteiger partial charge in [0.15, 0.2) is 11.5 Å². The molecule has 3 rings (SSSR count). The van der Waals surface area contributed by atoms with Crippen LogP contribution in [0.4, 0.5) is 41.6 Å². The number of fused-ring (bicyclic) bond motifs is 1. The fourth-order valence-corrected chi connectivity index (χ4v) is 5.30. The zero-order chi connectivity index (χ0) is 33.5. The molecule has 2 aromatic carbocycles. The monoisotopic (exact) mass is 648 g/mol. The second-order valence-electron chi connectivity index (χ2n) is 10.7. The van der Waals surface area contributed by atoms with Crippen molar-refractivity contribution in [3.63, 3.8) is 0 Å². The Morgan fingerprint density at radius 2 is 1.47 bits per heavy atom. The lowest BCUT2D eigenvalue weighted by Crippen LogP contribution is -2.47. The number of halogens is 6. The first-order chi connectivity index (χ1) is 21.2. The van der Waals surface area contributed by atoms with Crippen LogP contribution in [0.25, 0.3) is 0 Å². The number of rotatable bonds is 11. The molecule has 2 unspecified atom stereocenters. The van der Waals surface area contributed by atoms with Crippen molar-refractivity contribution in [1.29, 1.82) is 0 Å². The highest BCUT2D eigenvalue weighted by Crippen LogP contribution is 2.47. The van der Waals surface area contributed by atoms with Gasteiger partial charge >= 0.3 is 24.5 Å². The third-order valence-electron chi connectivity index (χ3n) is 7.46. The van der Waals surface area contributed by atoms with Gasteiger partial charge in [0.05, 0.1) is 50.3 Å². The Morgan fingerprint density at radius 1 is 0.867 bits per heavy atom. The quantitative estimate of drug-likeness (QED) is 0.179. The number of hydrogen-bond acceptors (Lipinski definition) is 6. The largest absolute Gasteiger partial charge is 0.493 e. The van der Waals surface area contributed by atoms with Crippen LogP contribution in [0.15, 0.2) is 30.3 Å². The summed E-state index contributed by atoms with van der Waals surface area (Å²) in [5.41, 5.74) is -2.79. The van der Waals surface area contributed by atoms with E-state index >= 15 is 0 Å². The van der Waals surface area contributed by atoms with E-state index in [1.807, 2.05) is 6.92 Å². The zero-order valence-electron chi connectivity index (χ0n) is 25.8. The van der Waals surface area contributed by atoms with Crippen molar-refractivity contribution in [1.82, 2.24) is 4.90 Å². The molecule has 0 aromatic heterocycles. The fraction of sp³-hybridized carbons (Fsp3) is 0.548. The van der Waals surface area contributed by atoms with Crippen LogP contribution >= 0.6 is 0 Å². The Bertz CT molecular complexity index is 1300. The first kappa shape index (κ1) is 35.6. The van der Waals surface area contributed by atoms with Gasteiger partial charge in [0.2, 0.25) is 0 Å². The SMILES string of the molecule is CCCCCCOC(=O)N(Cc1cc(C(F)(F)F)cc(C(F)(F)F)c1)C1CC(C)N(C(=O)OCC)c2cc(OC)c(OC)cc21. The van der Waals surface area contributed by atoms with Crippen molar-refractivity contribution < 1.29 is 54.9 Å². The van der Waals surface area contributed by atoms with Crippen LogP contribution in [-0.2, 0) is 28.4 Å². The van der Waals surface area contributed by atoms with E-state index in [0.717, 1.165) is 24.2 Å². The average Bonchev–Trinajstić information content (AvgIpc) is 2.97. The lowest BCUT2D eigenvalue weighted by Gasteiger charge is -2.43. The van der Waals surface area contributed by atoms with Crippen LogP contribution < -0.4 is 14.4 Å². The number of benzene rings is 2. The number of anilines is 1.